The third kappa shape index (κ3) is 3.74. The molecule has 2 aliphatic rings. The van der Waals surface area contributed by atoms with Gasteiger partial charge in [-0.15, -0.1) is 0 Å². The molecule has 166 valence electrons. The summed E-state index contributed by atoms with van der Waals surface area (Å²) in [5, 5.41) is 2.61. The van der Waals surface area contributed by atoms with E-state index in [1.54, 1.807) is 18.2 Å². The number of fused-ring (bicyclic) bond motifs is 3. The molecule has 0 saturated heterocycles. The number of nitrogens with zero attached hydrogens (tertiary/aromatic N) is 3. The van der Waals surface area contributed by atoms with Gasteiger partial charge in [-0.1, -0.05) is 19.3 Å². The molecule has 3 aromatic rings. The predicted octanol–water partition coefficient (Wildman–Crippen LogP) is 4.03. The van der Waals surface area contributed by atoms with Crippen LogP contribution >= 0.6 is 0 Å². The first-order valence-electron chi connectivity index (χ1n) is 11.0. The molecule has 5 rings (SSSR count). The lowest BCUT2D eigenvalue weighted by molar-refractivity contribution is 0.0566. The van der Waals surface area contributed by atoms with Gasteiger partial charge in [-0.2, -0.15) is 0 Å². The van der Waals surface area contributed by atoms with Crippen molar-refractivity contribution >= 4 is 22.8 Å². The van der Waals surface area contributed by atoms with Crippen LogP contribution < -0.4 is 5.32 Å². The van der Waals surface area contributed by atoms with E-state index < -0.39 is 17.5 Å². The highest BCUT2D eigenvalue weighted by Crippen LogP contribution is 2.28. The molecule has 2 amide bonds. The van der Waals surface area contributed by atoms with Crippen LogP contribution in [0.1, 0.15) is 58.6 Å². The van der Waals surface area contributed by atoms with Crippen LogP contribution in [0.25, 0.3) is 11.0 Å². The molecule has 0 spiro atoms. The van der Waals surface area contributed by atoms with Gasteiger partial charge in [0.2, 0.25) is 0 Å². The number of carbonyl (C=O) groups is 2. The van der Waals surface area contributed by atoms with E-state index in [1.807, 2.05) is 9.47 Å². The molecule has 1 fully saturated rings. The standard InChI is InChI=1S/C24H24F2N4O2/c25-17-7-8-19(26)16(12-17)14-27-23(31)15-6-9-21-20(13-15)28-22-24(32)29(10-11-30(21)22)18-4-2-1-3-5-18/h6-9,12-13,18H,1-5,10-11,14H2,(H,27,31). The Kier molecular flexibility index (Phi) is 5.36. The first kappa shape index (κ1) is 20.6. The molecule has 0 atom stereocenters. The number of benzene rings is 2. The third-order valence-corrected chi connectivity index (χ3v) is 6.49. The molecule has 1 saturated carbocycles. The van der Waals surface area contributed by atoms with Crippen molar-refractivity contribution in [1.82, 2.24) is 19.8 Å². The molecule has 2 aromatic carbocycles. The monoisotopic (exact) mass is 438 g/mol. The highest BCUT2D eigenvalue weighted by Gasteiger charge is 2.33. The molecule has 0 unspecified atom stereocenters. The van der Waals surface area contributed by atoms with E-state index in [0.29, 0.717) is 30.0 Å². The van der Waals surface area contributed by atoms with Gasteiger partial charge in [-0.05, 0) is 49.2 Å². The normalized spacial score (nSPS) is 16.9. The topological polar surface area (TPSA) is 67.2 Å². The van der Waals surface area contributed by atoms with Crippen LogP contribution in [0.15, 0.2) is 36.4 Å². The number of rotatable bonds is 4. The number of imidazole rings is 1. The molecule has 32 heavy (non-hydrogen) atoms. The van der Waals surface area contributed by atoms with Crippen molar-refractivity contribution in [2.75, 3.05) is 6.54 Å². The van der Waals surface area contributed by atoms with Gasteiger partial charge >= 0.3 is 0 Å². The zero-order valence-corrected chi connectivity index (χ0v) is 17.6. The zero-order valence-electron chi connectivity index (χ0n) is 17.6. The van der Waals surface area contributed by atoms with E-state index in [4.69, 9.17) is 0 Å². The second kappa shape index (κ2) is 8.33. The summed E-state index contributed by atoms with van der Waals surface area (Å²) < 4.78 is 29.1. The lowest BCUT2D eigenvalue weighted by Gasteiger charge is -2.36. The van der Waals surface area contributed by atoms with E-state index in [0.717, 1.165) is 49.4 Å². The molecule has 2 heterocycles. The van der Waals surface area contributed by atoms with Gasteiger partial charge in [-0.3, -0.25) is 9.59 Å². The third-order valence-electron chi connectivity index (χ3n) is 6.49. The van der Waals surface area contributed by atoms with Gasteiger partial charge in [-0.25, -0.2) is 13.8 Å². The molecule has 8 heteroatoms. The lowest BCUT2D eigenvalue weighted by atomic mass is 9.94. The number of hydrogen-bond donors (Lipinski definition) is 1. The molecule has 6 nitrogen and oxygen atoms in total. The summed E-state index contributed by atoms with van der Waals surface area (Å²) in [6, 6.07) is 8.49. The predicted molar refractivity (Wildman–Crippen MR) is 115 cm³/mol. The molecule has 1 aromatic heterocycles. The van der Waals surface area contributed by atoms with Gasteiger partial charge in [0.1, 0.15) is 11.6 Å². The Morgan fingerprint density at radius 3 is 2.69 bits per heavy atom. The van der Waals surface area contributed by atoms with E-state index in [1.165, 1.54) is 6.42 Å². The van der Waals surface area contributed by atoms with Crippen LogP contribution in [-0.4, -0.2) is 38.9 Å². The quantitative estimate of drug-likeness (QED) is 0.669. The van der Waals surface area contributed by atoms with Crippen molar-refractivity contribution < 1.29 is 18.4 Å². The Labute approximate surface area is 184 Å². The summed E-state index contributed by atoms with van der Waals surface area (Å²) in [6.07, 6.45) is 5.63. The molecular weight excluding hydrogens is 414 g/mol. The second-order valence-electron chi connectivity index (χ2n) is 8.50. The second-order valence-corrected chi connectivity index (χ2v) is 8.50. The molecule has 1 aliphatic carbocycles. The minimum Gasteiger partial charge on any atom is -0.348 e. The first-order valence-corrected chi connectivity index (χ1v) is 11.0. The van der Waals surface area contributed by atoms with Crippen molar-refractivity contribution in [3.63, 3.8) is 0 Å². The van der Waals surface area contributed by atoms with Crippen molar-refractivity contribution in [3.05, 3.63) is 65.0 Å². The maximum atomic E-state index is 13.8. The number of carbonyl (C=O) groups excluding carboxylic acids is 2. The fourth-order valence-corrected chi connectivity index (χ4v) is 4.80. The van der Waals surface area contributed by atoms with E-state index in [-0.39, 0.29) is 24.1 Å². The maximum Gasteiger partial charge on any atom is 0.290 e. The molecule has 0 bridgehead atoms. The number of nitrogens with one attached hydrogen (secondary N) is 1. The minimum absolute atomic E-state index is 0.0491. The van der Waals surface area contributed by atoms with E-state index in [2.05, 4.69) is 10.3 Å². The van der Waals surface area contributed by atoms with E-state index in [9.17, 15) is 18.4 Å². The smallest absolute Gasteiger partial charge is 0.290 e. The molecule has 1 N–H and O–H groups in total. The summed E-state index contributed by atoms with van der Waals surface area (Å²) in [4.78, 5) is 32.2. The fourth-order valence-electron chi connectivity index (χ4n) is 4.80. The number of hydrogen-bond acceptors (Lipinski definition) is 3. The van der Waals surface area contributed by atoms with Crippen molar-refractivity contribution in [3.8, 4) is 0 Å². The molecular formula is C24H24F2N4O2. The van der Waals surface area contributed by atoms with Crippen LogP contribution in [0.4, 0.5) is 8.78 Å². The van der Waals surface area contributed by atoms with Gasteiger partial charge < -0.3 is 14.8 Å². The SMILES string of the molecule is O=C(NCc1cc(F)ccc1F)c1ccc2c(c1)nc1n2CCN(C2CCCCC2)C1=O. The van der Waals surface area contributed by atoms with Crippen LogP contribution in [0.3, 0.4) is 0 Å². The van der Waals surface area contributed by atoms with Gasteiger partial charge in [0.15, 0.2) is 5.82 Å². The minimum atomic E-state index is -0.579. The summed E-state index contributed by atoms with van der Waals surface area (Å²) in [6.45, 7) is 1.22. The van der Waals surface area contributed by atoms with Crippen LogP contribution in [-0.2, 0) is 13.1 Å². The zero-order chi connectivity index (χ0) is 22.2. The van der Waals surface area contributed by atoms with Gasteiger partial charge in [0.25, 0.3) is 11.8 Å². The maximum absolute atomic E-state index is 13.8. The Hall–Kier alpha value is -3.29. The number of halogens is 2. The number of aromatic nitrogens is 2. The highest BCUT2D eigenvalue weighted by molar-refractivity contribution is 6.00. The summed E-state index contributed by atoms with van der Waals surface area (Å²) >= 11 is 0. The molecule has 1 aliphatic heterocycles. The summed E-state index contributed by atoms with van der Waals surface area (Å²) in [7, 11) is 0. The highest BCUT2D eigenvalue weighted by atomic mass is 19.1. The fraction of sp³-hybridized carbons (Fsp3) is 0.375. The van der Waals surface area contributed by atoms with Gasteiger partial charge in [0.05, 0.1) is 11.0 Å². The Morgan fingerprint density at radius 2 is 1.88 bits per heavy atom. The molecule has 0 radical (unpaired) electrons. The van der Waals surface area contributed by atoms with Crippen molar-refractivity contribution in [2.45, 2.75) is 51.2 Å². The van der Waals surface area contributed by atoms with Crippen molar-refractivity contribution in [1.29, 1.82) is 0 Å². The van der Waals surface area contributed by atoms with Crippen LogP contribution in [0.5, 0.6) is 0 Å². The lowest BCUT2D eigenvalue weighted by Crippen LogP contribution is -2.47. The average Bonchev–Trinajstić information content (AvgIpc) is 3.19. The summed E-state index contributed by atoms with van der Waals surface area (Å²) in [5.41, 5.74) is 1.81. The van der Waals surface area contributed by atoms with E-state index >= 15 is 0 Å². The van der Waals surface area contributed by atoms with Gasteiger partial charge in [0, 0.05) is 36.8 Å². The Bertz CT molecular complexity index is 1200. The number of amides is 2. The van der Waals surface area contributed by atoms with Crippen LogP contribution in [0, 0.1) is 11.6 Å². The average molecular weight is 438 g/mol. The first-order chi connectivity index (χ1) is 15.5. The summed E-state index contributed by atoms with van der Waals surface area (Å²) in [5.74, 6) is -1.20. The van der Waals surface area contributed by atoms with Crippen LogP contribution in [0.2, 0.25) is 0 Å². The van der Waals surface area contributed by atoms with Crippen molar-refractivity contribution in [2.24, 2.45) is 0 Å². The Morgan fingerprint density at radius 1 is 1.06 bits per heavy atom. The largest absolute Gasteiger partial charge is 0.348 e. The Balaban J connectivity index is 1.35.